The molecule has 7 nitrogen and oxygen atoms in total. The fourth-order valence-electron chi connectivity index (χ4n) is 3.27. The molecule has 3 heterocycles. The van der Waals surface area contributed by atoms with Gasteiger partial charge in [-0.2, -0.15) is 0 Å². The largest absolute Gasteiger partial charge is 0.493 e. The second kappa shape index (κ2) is 7.82. The summed E-state index contributed by atoms with van der Waals surface area (Å²) in [5, 5.41) is 0.736. The minimum atomic E-state index is -0.587. The van der Waals surface area contributed by atoms with Crippen LogP contribution < -0.4 is 20.8 Å². The molecule has 152 valence electrons. The molecule has 4 rings (SSSR count). The predicted octanol–water partition coefficient (Wildman–Crippen LogP) is 4.00. The van der Waals surface area contributed by atoms with Crippen LogP contribution in [0.3, 0.4) is 0 Å². The summed E-state index contributed by atoms with van der Waals surface area (Å²) >= 11 is 0. The van der Waals surface area contributed by atoms with Crippen molar-refractivity contribution >= 4 is 16.8 Å². The van der Waals surface area contributed by atoms with Crippen LogP contribution in [0.1, 0.15) is 16.7 Å². The van der Waals surface area contributed by atoms with E-state index in [-0.39, 0.29) is 18.1 Å². The van der Waals surface area contributed by atoms with Crippen molar-refractivity contribution in [3.8, 4) is 17.4 Å². The Balaban J connectivity index is 1.73. The van der Waals surface area contributed by atoms with Gasteiger partial charge in [0.05, 0.1) is 7.11 Å². The maximum atomic E-state index is 13.8. The molecule has 0 saturated heterocycles. The lowest BCUT2D eigenvalue weighted by Crippen LogP contribution is -2.12. The first-order valence-corrected chi connectivity index (χ1v) is 9.10. The average molecular weight is 407 g/mol. The van der Waals surface area contributed by atoms with Crippen LogP contribution in [0, 0.1) is 12.7 Å². The van der Waals surface area contributed by atoms with E-state index in [9.17, 15) is 9.18 Å². The van der Waals surface area contributed by atoms with Crippen molar-refractivity contribution in [1.29, 1.82) is 0 Å². The van der Waals surface area contributed by atoms with Gasteiger partial charge in [0.2, 0.25) is 0 Å². The summed E-state index contributed by atoms with van der Waals surface area (Å²) in [5.74, 6) is 0.240. The standard InChI is InChI=1S/C22H18FN3O4/c1-12-15-6-5-14(29-21-17(23)4-3-8-26-21)11-18(15)30-22(27)16(12)10-13-7-9-25-20(24)19(13)28-2/h3-9,11H,10H2,1-2H3,(H2,24,25). The van der Waals surface area contributed by atoms with E-state index in [1.165, 1.54) is 31.5 Å². The third kappa shape index (κ3) is 3.55. The molecule has 0 amide bonds. The number of rotatable bonds is 5. The number of hydrogen-bond donors (Lipinski definition) is 1. The molecule has 0 spiro atoms. The van der Waals surface area contributed by atoms with Gasteiger partial charge in [-0.15, -0.1) is 0 Å². The maximum absolute atomic E-state index is 13.8. The molecular formula is C22H18FN3O4. The van der Waals surface area contributed by atoms with Crippen molar-refractivity contribution in [2.45, 2.75) is 13.3 Å². The Labute approximate surface area is 170 Å². The van der Waals surface area contributed by atoms with Crippen LogP contribution in [0.25, 0.3) is 11.0 Å². The monoisotopic (exact) mass is 407 g/mol. The molecule has 0 bridgehead atoms. The Kier molecular flexibility index (Phi) is 5.05. The highest BCUT2D eigenvalue weighted by molar-refractivity contribution is 5.82. The van der Waals surface area contributed by atoms with E-state index in [1.807, 2.05) is 6.92 Å². The van der Waals surface area contributed by atoms with Crippen molar-refractivity contribution < 1.29 is 18.3 Å². The van der Waals surface area contributed by atoms with Gasteiger partial charge in [-0.3, -0.25) is 0 Å². The molecule has 0 aliphatic carbocycles. The highest BCUT2D eigenvalue weighted by Gasteiger charge is 2.16. The Morgan fingerprint density at radius 2 is 2.00 bits per heavy atom. The van der Waals surface area contributed by atoms with Gasteiger partial charge in [0, 0.05) is 41.4 Å². The number of hydrogen-bond acceptors (Lipinski definition) is 7. The highest BCUT2D eigenvalue weighted by Crippen LogP contribution is 2.30. The Morgan fingerprint density at radius 1 is 1.17 bits per heavy atom. The van der Waals surface area contributed by atoms with Crippen molar-refractivity contribution in [1.82, 2.24) is 9.97 Å². The number of pyridine rings is 2. The number of nitrogen functional groups attached to an aromatic ring is 1. The molecule has 0 aliphatic heterocycles. The molecule has 0 aliphatic rings. The summed E-state index contributed by atoms with van der Waals surface area (Å²) < 4.78 is 30.1. The van der Waals surface area contributed by atoms with Crippen LogP contribution in [0.5, 0.6) is 17.4 Å². The number of nitrogens with two attached hydrogens (primary N) is 1. The molecule has 2 N–H and O–H groups in total. The Hall–Kier alpha value is -3.94. The van der Waals surface area contributed by atoms with Crippen LogP contribution in [-0.2, 0) is 6.42 Å². The molecule has 0 radical (unpaired) electrons. The Bertz CT molecular complexity index is 1300. The lowest BCUT2D eigenvalue weighted by Gasteiger charge is -2.12. The van der Waals surface area contributed by atoms with E-state index in [2.05, 4.69) is 9.97 Å². The summed E-state index contributed by atoms with van der Waals surface area (Å²) in [7, 11) is 1.50. The zero-order valence-corrected chi connectivity index (χ0v) is 16.3. The average Bonchev–Trinajstić information content (AvgIpc) is 2.73. The number of aromatic nitrogens is 2. The van der Waals surface area contributed by atoms with Gasteiger partial charge in [0.25, 0.3) is 5.88 Å². The summed E-state index contributed by atoms with van der Waals surface area (Å²) in [5.41, 5.74) is 7.67. The van der Waals surface area contributed by atoms with E-state index >= 15 is 0 Å². The fourth-order valence-corrected chi connectivity index (χ4v) is 3.27. The van der Waals surface area contributed by atoms with Crippen molar-refractivity contribution in [2.24, 2.45) is 0 Å². The van der Waals surface area contributed by atoms with Gasteiger partial charge in [-0.1, -0.05) is 0 Å². The molecule has 3 aromatic heterocycles. The molecular weight excluding hydrogens is 389 g/mol. The van der Waals surface area contributed by atoms with Gasteiger partial charge in [0.15, 0.2) is 17.4 Å². The van der Waals surface area contributed by atoms with Gasteiger partial charge in [-0.25, -0.2) is 19.2 Å². The van der Waals surface area contributed by atoms with Crippen molar-refractivity contribution in [2.75, 3.05) is 12.8 Å². The lowest BCUT2D eigenvalue weighted by molar-refractivity contribution is 0.411. The molecule has 0 saturated carbocycles. The smallest absolute Gasteiger partial charge is 0.340 e. The highest BCUT2D eigenvalue weighted by atomic mass is 19.1. The van der Waals surface area contributed by atoms with Gasteiger partial charge in [-0.05, 0) is 42.8 Å². The summed E-state index contributed by atoms with van der Waals surface area (Å²) in [6, 6.07) is 9.42. The lowest BCUT2D eigenvalue weighted by atomic mass is 9.99. The van der Waals surface area contributed by atoms with E-state index < -0.39 is 11.4 Å². The van der Waals surface area contributed by atoms with Crippen molar-refractivity contribution in [3.05, 3.63) is 81.7 Å². The zero-order valence-electron chi connectivity index (χ0n) is 16.3. The molecule has 30 heavy (non-hydrogen) atoms. The number of halogens is 1. The Morgan fingerprint density at radius 3 is 2.77 bits per heavy atom. The van der Waals surface area contributed by atoms with Crippen LogP contribution in [0.15, 0.2) is 58.0 Å². The molecule has 0 unspecified atom stereocenters. The van der Waals surface area contributed by atoms with Gasteiger partial charge >= 0.3 is 5.63 Å². The molecule has 0 fully saturated rings. The normalized spacial score (nSPS) is 10.9. The van der Waals surface area contributed by atoms with Crippen molar-refractivity contribution in [3.63, 3.8) is 0 Å². The third-order valence-corrected chi connectivity index (χ3v) is 4.78. The maximum Gasteiger partial charge on any atom is 0.340 e. The van der Waals surface area contributed by atoms with E-state index in [0.717, 1.165) is 16.5 Å². The first-order valence-electron chi connectivity index (χ1n) is 9.10. The quantitative estimate of drug-likeness (QED) is 0.499. The number of aryl methyl sites for hydroxylation is 1. The number of benzene rings is 1. The number of fused-ring (bicyclic) bond motifs is 1. The fraction of sp³-hybridized carbons (Fsp3) is 0.136. The summed E-state index contributed by atoms with van der Waals surface area (Å²) in [6.07, 6.45) is 3.26. The molecule has 4 aromatic rings. The SMILES string of the molecule is COc1c(Cc2c(C)c3ccc(Oc4ncccc4F)cc3oc2=O)ccnc1N. The number of nitrogens with zero attached hydrogens (tertiary/aromatic N) is 2. The molecule has 1 aromatic carbocycles. The van der Waals surface area contributed by atoms with Crippen LogP contribution in [0.4, 0.5) is 10.2 Å². The minimum absolute atomic E-state index is 0.157. The minimum Gasteiger partial charge on any atom is -0.493 e. The van der Waals surface area contributed by atoms with E-state index in [0.29, 0.717) is 22.6 Å². The zero-order chi connectivity index (χ0) is 21.3. The summed E-state index contributed by atoms with van der Waals surface area (Å²) in [4.78, 5) is 20.6. The van der Waals surface area contributed by atoms with Crippen LogP contribution in [-0.4, -0.2) is 17.1 Å². The van der Waals surface area contributed by atoms with E-state index in [1.54, 1.807) is 24.4 Å². The number of methoxy groups -OCH3 is 1. The molecule has 0 atom stereocenters. The van der Waals surface area contributed by atoms with Crippen LogP contribution in [0.2, 0.25) is 0 Å². The van der Waals surface area contributed by atoms with E-state index in [4.69, 9.17) is 19.6 Å². The first-order chi connectivity index (χ1) is 14.5. The number of ether oxygens (including phenoxy) is 2. The first kappa shape index (κ1) is 19.4. The van der Waals surface area contributed by atoms with Gasteiger partial charge in [0.1, 0.15) is 11.3 Å². The second-order valence-electron chi connectivity index (χ2n) is 6.61. The predicted molar refractivity (Wildman–Crippen MR) is 109 cm³/mol. The summed E-state index contributed by atoms with van der Waals surface area (Å²) in [6.45, 7) is 1.84. The number of anilines is 1. The van der Waals surface area contributed by atoms with Crippen LogP contribution >= 0.6 is 0 Å². The molecule has 8 heteroatoms. The third-order valence-electron chi connectivity index (χ3n) is 4.78. The second-order valence-corrected chi connectivity index (χ2v) is 6.61. The topological polar surface area (TPSA) is 100 Å². The van der Waals surface area contributed by atoms with Gasteiger partial charge < -0.3 is 19.6 Å².